The predicted octanol–water partition coefficient (Wildman–Crippen LogP) is 3.90. The third kappa shape index (κ3) is 4.93. The molecule has 1 aromatic heterocycles. The van der Waals surface area contributed by atoms with Crippen LogP contribution in [0.25, 0.3) is 11.3 Å². The molecule has 0 saturated heterocycles. The van der Waals surface area contributed by atoms with Crippen LogP contribution in [-0.4, -0.2) is 34.6 Å². The number of aromatic nitrogens is 2. The Bertz CT molecular complexity index is 646. The fourth-order valence-electron chi connectivity index (χ4n) is 2.49. The van der Waals surface area contributed by atoms with Gasteiger partial charge in [0.2, 0.25) is 5.91 Å². The standard InChI is InChI=1S/C19H28N4O/c1-5-6-11-23(4)13-16-12-20-22-18(16)15-7-9-17(10-8-15)21-19(24)14(2)3/h7-10,12,14H,5-6,11,13H2,1-4H3,(H,20,22)(H,21,24). The fraction of sp³-hybridized carbons (Fsp3) is 0.474. The van der Waals surface area contributed by atoms with E-state index in [0.717, 1.165) is 30.0 Å². The molecule has 0 aliphatic heterocycles. The van der Waals surface area contributed by atoms with E-state index in [1.807, 2.05) is 44.3 Å². The molecular weight excluding hydrogens is 300 g/mol. The second kappa shape index (κ2) is 8.64. The summed E-state index contributed by atoms with van der Waals surface area (Å²) in [6.07, 6.45) is 4.30. The first-order valence-electron chi connectivity index (χ1n) is 8.63. The van der Waals surface area contributed by atoms with Crippen LogP contribution in [0, 0.1) is 5.92 Å². The fourth-order valence-corrected chi connectivity index (χ4v) is 2.49. The first-order chi connectivity index (χ1) is 11.5. The molecule has 0 atom stereocenters. The zero-order valence-corrected chi connectivity index (χ0v) is 15.1. The Kier molecular flexibility index (Phi) is 6.55. The first-order valence-corrected chi connectivity index (χ1v) is 8.63. The summed E-state index contributed by atoms with van der Waals surface area (Å²) in [5, 5.41) is 10.2. The summed E-state index contributed by atoms with van der Waals surface area (Å²) in [5.74, 6) is 0.00470. The number of anilines is 1. The number of H-pyrrole nitrogens is 1. The summed E-state index contributed by atoms with van der Waals surface area (Å²) in [6, 6.07) is 7.89. The minimum atomic E-state index is -0.0254. The molecule has 1 heterocycles. The van der Waals surface area contributed by atoms with Crippen molar-refractivity contribution in [3.8, 4) is 11.3 Å². The largest absolute Gasteiger partial charge is 0.326 e. The molecular formula is C19H28N4O. The number of rotatable bonds is 8. The van der Waals surface area contributed by atoms with Gasteiger partial charge in [-0.15, -0.1) is 0 Å². The van der Waals surface area contributed by atoms with Crippen LogP contribution in [0.2, 0.25) is 0 Å². The SMILES string of the molecule is CCCCN(C)Cc1cn[nH]c1-c1ccc(NC(=O)C(C)C)cc1. The summed E-state index contributed by atoms with van der Waals surface area (Å²) >= 11 is 0. The molecule has 0 radical (unpaired) electrons. The zero-order chi connectivity index (χ0) is 17.5. The molecule has 2 N–H and O–H groups in total. The molecule has 0 spiro atoms. The number of unbranched alkanes of at least 4 members (excludes halogenated alkanes) is 1. The highest BCUT2D eigenvalue weighted by atomic mass is 16.1. The minimum Gasteiger partial charge on any atom is -0.326 e. The van der Waals surface area contributed by atoms with Gasteiger partial charge in [0.1, 0.15) is 0 Å². The van der Waals surface area contributed by atoms with Crippen molar-refractivity contribution in [2.24, 2.45) is 5.92 Å². The van der Waals surface area contributed by atoms with Crippen LogP contribution in [0.5, 0.6) is 0 Å². The van der Waals surface area contributed by atoms with Gasteiger partial charge in [-0.3, -0.25) is 9.89 Å². The van der Waals surface area contributed by atoms with Crippen LogP contribution in [-0.2, 0) is 11.3 Å². The number of carbonyl (C=O) groups excluding carboxylic acids is 1. The average molecular weight is 328 g/mol. The molecule has 0 aliphatic rings. The summed E-state index contributed by atoms with van der Waals surface area (Å²) < 4.78 is 0. The number of nitrogens with one attached hydrogen (secondary N) is 2. The number of hydrogen-bond acceptors (Lipinski definition) is 3. The number of hydrogen-bond donors (Lipinski definition) is 2. The van der Waals surface area contributed by atoms with E-state index in [9.17, 15) is 4.79 Å². The van der Waals surface area contributed by atoms with Crippen LogP contribution in [0.4, 0.5) is 5.69 Å². The van der Waals surface area contributed by atoms with E-state index in [1.165, 1.54) is 18.4 Å². The Morgan fingerprint density at radius 1 is 1.29 bits per heavy atom. The van der Waals surface area contributed by atoms with E-state index in [2.05, 4.69) is 34.4 Å². The molecule has 0 unspecified atom stereocenters. The molecule has 2 rings (SSSR count). The van der Waals surface area contributed by atoms with Crippen molar-refractivity contribution in [2.75, 3.05) is 18.9 Å². The third-order valence-corrected chi connectivity index (χ3v) is 4.02. The molecule has 0 fully saturated rings. The van der Waals surface area contributed by atoms with Crippen molar-refractivity contribution < 1.29 is 4.79 Å². The van der Waals surface area contributed by atoms with Crippen LogP contribution in [0.1, 0.15) is 39.2 Å². The van der Waals surface area contributed by atoms with Crippen LogP contribution >= 0.6 is 0 Å². The van der Waals surface area contributed by atoms with E-state index in [1.54, 1.807) is 0 Å². The van der Waals surface area contributed by atoms with Gasteiger partial charge in [-0.2, -0.15) is 5.10 Å². The van der Waals surface area contributed by atoms with Crippen molar-refractivity contribution in [1.29, 1.82) is 0 Å². The monoisotopic (exact) mass is 328 g/mol. The lowest BCUT2D eigenvalue weighted by Gasteiger charge is -2.16. The number of aromatic amines is 1. The topological polar surface area (TPSA) is 61.0 Å². The molecule has 0 bridgehead atoms. The molecule has 5 heteroatoms. The van der Waals surface area contributed by atoms with E-state index < -0.39 is 0 Å². The summed E-state index contributed by atoms with van der Waals surface area (Å²) in [6.45, 7) is 7.93. The lowest BCUT2D eigenvalue weighted by molar-refractivity contribution is -0.118. The maximum atomic E-state index is 11.8. The highest BCUT2D eigenvalue weighted by Crippen LogP contribution is 2.24. The van der Waals surface area contributed by atoms with Crippen molar-refractivity contribution in [2.45, 2.75) is 40.2 Å². The van der Waals surface area contributed by atoms with Gasteiger partial charge in [0, 0.05) is 29.3 Å². The molecule has 1 amide bonds. The molecule has 2 aromatic rings. The van der Waals surface area contributed by atoms with Gasteiger partial charge in [-0.05, 0) is 32.1 Å². The van der Waals surface area contributed by atoms with Gasteiger partial charge in [-0.25, -0.2) is 0 Å². The summed E-state index contributed by atoms with van der Waals surface area (Å²) in [4.78, 5) is 14.1. The zero-order valence-electron chi connectivity index (χ0n) is 15.1. The van der Waals surface area contributed by atoms with Gasteiger partial charge >= 0.3 is 0 Å². The number of amides is 1. The molecule has 24 heavy (non-hydrogen) atoms. The van der Waals surface area contributed by atoms with E-state index >= 15 is 0 Å². The van der Waals surface area contributed by atoms with Gasteiger partial charge < -0.3 is 10.2 Å². The Labute approximate surface area is 144 Å². The van der Waals surface area contributed by atoms with E-state index in [-0.39, 0.29) is 11.8 Å². The maximum absolute atomic E-state index is 11.8. The Morgan fingerprint density at radius 2 is 2.00 bits per heavy atom. The molecule has 5 nitrogen and oxygen atoms in total. The quantitative estimate of drug-likeness (QED) is 0.772. The summed E-state index contributed by atoms with van der Waals surface area (Å²) in [7, 11) is 2.14. The third-order valence-electron chi connectivity index (χ3n) is 4.02. The van der Waals surface area contributed by atoms with E-state index in [4.69, 9.17) is 0 Å². The van der Waals surface area contributed by atoms with Crippen LogP contribution < -0.4 is 5.32 Å². The second-order valence-corrected chi connectivity index (χ2v) is 6.58. The maximum Gasteiger partial charge on any atom is 0.226 e. The van der Waals surface area contributed by atoms with Gasteiger partial charge in [0.05, 0.1) is 11.9 Å². The highest BCUT2D eigenvalue weighted by Gasteiger charge is 2.11. The van der Waals surface area contributed by atoms with Crippen molar-refractivity contribution in [3.05, 3.63) is 36.0 Å². The van der Waals surface area contributed by atoms with Gasteiger partial charge in [-0.1, -0.05) is 39.3 Å². The smallest absolute Gasteiger partial charge is 0.226 e. The van der Waals surface area contributed by atoms with Crippen LogP contribution in [0.3, 0.4) is 0 Å². The Morgan fingerprint density at radius 3 is 2.62 bits per heavy atom. The van der Waals surface area contributed by atoms with Gasteiger partial charge in [0.25, 0.3) is 0 Å². The minimum absolute atomic E-state index is 0.0254. The van der Waals surface area contributed by atoms with Crippen molar-refractivity contribution in [3.63, 3.8) is 0 Å². The molecule has 0 aliphatic carbocycles. The Balaban J connectivity index is 2.07. The van der Waals surface area contributed by atoms with Gasteiger partial charge in [0.15, 0.2) is 0 Å². The Hall–Kier alpha value is -2.14. The van der Waals surface area contributed by atoms with E-state index in [0.29, 0.717) is 0 Å². The number of benzene rings is 1. The van der Waals surface area contributed by atoms with Crippen molar-refractivity contribution >= 4 is 11.6 Å². The highest BCUT2D eigenvalue weighted by molar-refractivity contribution is 5.92. The van der Waals surface area contributed by atoms with Crippen LogP contribution in [0.15, 0.2) is 30.5 Å². The molecule has 0 saturated carbocycles. The van der Waals surface area contributed by atoms with Crippen molar-refractivity contribution in [1.82, 2.24) is 15.1 Å². The number of nitrogens with zero attached hydrogens (tertiary/aromatic N) is 2. The number of carbonyl (C=O) groups is 1. The predicted molar refractivity (Wildman–Crippen MR) is 98.7 cm³/mol. The average Bonchev–Trinajstić information content (AvgIpc) is 3.01. The first kappa shape index (κ1) is 18.2. The summed E-state index contributed by atoms with van der Waals surface area (Å²) in [5.41, 5.74) is 4.13. The lowest BCUT2D eigenvalue weighted by Crippen LogP contribution is -2.19. The normalized spacial score (nSPS) is 11.2. The second-order valence-electron chi connectivity index (χ2n) is 6.58. The molecule has 1 aromatic carbocycles. The molecule has 130 valence electrons. The lowest BCUT2D eigenvalue weighted by atomic mass is 10.1.